The monoisotopic (exact) mass is 164 g/mol. The number of nitrogens with zero attached hydrogens (tertiary/aromatic N) is 2. The van der Waals surface area contributed by atoms with Gasteiger partial charge in [0.05, 0.1) is 6.07 Å². The van der Waals surface area contributed by atoms with Crippen LogP contribution in [0.3, 0.4) is 0 Å². The molecule has 0 N–H and O–H groups in total. The van der Waals surface area contributed by atoms with Gasteiger partial charge in [-0.25, -0.2) is 4.73 Å². The van der Waals surface area contributed by atoms with E-state index >= 15 is 0 Å². The fraction of sp³-hybridized carbons (Fsp3) is 0. The Balaban J connectivity index is 3.17. The quantitative estimate of drug-likeness (QED) is 0.327. The Bertz CT molecular complexity index is 228. The molecule has 0 aliphatic carbocycles. The molecule has 0 fully saturated rings. The topological polar surface area (TPSA) is 39.8 Å². The van der Waals surface area contributed by atoms with Gasteiger partial charge in [0.15, 0.2) is 0 Å². The van der Waals surface area contributed by atoms with E-state index in [2.05, 4.69) is 4.98 Å². The summed E-state index contributed by atoms with van der Waals surface area (Å²) in [6.07, 6.45) is 1.00. The van der Waals surface area contributed by atoms with Gasteiger partial charge >= 0.3 is 0 Å². The summed E-state index contributed by atoms with van der Waals surface area (Å²) in [5.74, 6) is 0. The van der Waals surface area contributed by atoms with Crippen molar-refractivity contribution < 1.29 is 4.73 Å². The van der Waals surface area contributed by atoms with E-state index in [0.29, 0.717) is 4.73 Å². The van der Waals surface area contributed by atoms with Crippen LogP contribution in [0.1, 0.15) is 0 Å². The standard InChI is InChI=1S/C4H2Cl2N2O/c5-3-1-4(6)8(9)2-7-3/h1-2H. The maximum absolute atomic E-state index is 10.4. The van der Waals surface area contributed by atoms with E-state index in [1.807, 2.05) is 0 Å². The van der Waals surface area contributed by atoms with Crippen molar-refractivity contribution in [2.75, 3.05) is 0 Å². The second kappa shape index (κ2) is 2.37. The van der Waals surface area contributed by atoms with Crippen molar-refractivity contribution in [1.29, 1.82) is 0 Å². The summed E-state index contributed by atoms with van der Waals surface area (Å²) in [6, 6.07) is 1.27. The van der Waals surface area contributed by atoms with E-state index in [9.17, 15) is 5.21 Å². The van der Waals surface area contributed by atoms with Gasteiger partial charge in [-0.15, -0.1) is 0 Å². The zero-order valence-corrected chi connectivity index (χ0v) is 5.73. The Morgan fingerprint density at radius 3 is 2.67 bits per heavy atom. The Morgan fingerprint density at radius 2 is 2.22 bits per heavy atom. The van der Waals surface area contributed by atoms with Crippen molar-refractivity contribution >= 4 is 23.2 Å². The van der Waals surface area contributed by atoms with Crippen LogP contribution < -0.4 is 4.73 Å². The highest BCUT2D eigenvalue weighted by Gasteiger charge is 2.00. The lowest BCUT2D eigenvalue weighted by Crippen LogP contribution is -2.27. The molecule has 0 aliphatic rings. The fourth-order valence-electron chi connectivity index (χ4n) is 0.362. The van der Waals surface area contributed by atoms with Gasteiger partial charge < -0.3 is 5.21 Å². The smallest absolute Gasteiger partial charge is 0.292 e. The minimum atomic E-state index is 0.0231. The SMILES string of the molecule is [O-][n+]1cnc(Cl)cc1Cl. The number of halogens is 2. The molecule has 1 aromatic heterocycles. The highest BCUT2D eigenvalue weighted by molar-refractivity contribution is 6.32. The molecular formula is C4H2Cl2N2O. The van der Waals surface area contributed by atoms with E-state index in [-0.39, 0.29) is 10.3 Å². The Morgan fingerprint density at radius 1 is 1.56 bits per heavy atom. The minimum absolute atomic E-state index is 0.0231. The lowest BCUT2D eigenvalue weighted by Gasteiger charge is -1.98. The molecule has 3 nitrogen and oxygen atoms in total. The lowest BCUT2D eigenvalue weighted by atomic mass is 10.7. The Kier molecular flexibility index (Phi) is 1.73. The predicted octanol–water partition coefficient (Wildman–Crippen LogP) is 1.02. The van der Waals surface area contributed by atoms with E-state index in [0.717, 1.165) is 6.33 Å². The van der Waals surface area contributed by atoms with Crippen LogP contribution in [-0.2, 0) is 0 Å². The van der Waals surface area contributed by atoms with Gasteiger partial charge in [-0.3, -0.25) is 0 Å². The molecule has 0 unspecified atom stereocenters. The fourth-order valence-corrected chi connectivity index (χ4v) is 0.712. The Labute approximate surface area is 61.4 Å². The number of hydrogen-bond donors (Lipinski definition) is 0. The van der Waals surface area contributed by atoms with Crippen molar-refractivity contribution in [2.45, 2.75) is 0 Å². The molecule has 5 heteroatoms. The molecule has 0 bridgehead atoms. The first-order chi connectivity index (χ1) is 4.20. The molecule has 0 spiro atoms. The van der Waals surface area contributed by atoms with Crippen molar-refractivity contribution in [3.05, 3.63) is 27.9 Å². The molecule has 1 aromatic rings. The molecule has 1 heterocycles. The molecule has 0 amide bonds. The van der Waals surface area contributed by atoms with Crippen molar-refractivity contribution in [3.8, 4) is 0 Å². The molecule has 0 atom stereocenters. The average Bonchev–Trinajstić information content (AvgIpc) is 1.80. The molecule has 0 saturated heterocycles. The maximum Gasteiger partial charge on any atom is 0.292 e. The number of aromatic nitrogens is 2. The van der Waals surface area contributed by atoms with E-state index in [1.54, 1.807) is 0 Å². The normalized spacial score (nSPS) is 9.56. The summed E-state index contributed by atoms with van der Waals surface area (Å²) in [5.41, 5.74) is 0. The third kappa shape index (κ3) is 1.43. The van der Waals surface area contributed by atoms with Crippen LogP contribution in [-0.4, -0.2) is 4.98 Å². The highest BCUT2D eigenvalue weighted by Crippen LogP contribution is 2.06. The molecular weight excluding hydrogens is 163 g/mol. The predicted molar refractivity (Wildman–Crippen MR) is 33.2 cm³/mol. The minimum Gasteiger partial charge on any atom is -0.710 e. The maximum atomic E-state index is 10.4. The Hall–Kier alpha value is -0.540. The highest BCUT2D eigenvalue weighted by atomic mass is 35.5. The lowest BCUT2D eigenvalue weighted by molar-refractivity contribution is -0.606. The first kappa shape index (κ1) is 6.58. The summed E-state index contributed by atoms with van der Waals surface area (Å²) >= 11 is 10.7. The summed E-state index contributed by atoms with van der Waals surface area (Å²) in [4.78, 5) is 3.47. The molecule has 1 rings (SSSR count). The van der Waals surface area contributed by atoms with Crippen LogP contribution in [0.15, 0.2) is 12.4 Å². The molecule has 0 radical (unpaired) electrons. The van der Waals surface area contributed by atoms with E-state index < -0.39 is 0 Å². The summed E-state index contributed by atoms with van der Waals surface area (Å²) in [6.45, 7) is 0. The molecule has 9 heavy (non-hydrogen) atoms. The van der Waals surface area contributed by atoms with Gasteiger partial charge in [0.2, 0.25) is 10.3 Å². The van der Waals surface area contributed by atoms with Crippen LogP contribution in [0.5, 0.6) is 0 Å². The van der Waals surface area contributed by atoms with Gasteiger partial charge in [0.1, 0.15) is 0 Å². The van der Waals surface area contributed by atoms with Gasteiger partial charge in [-0.1, -0.05) is 0 Å². The largest absolute Gasteiger partial charge is 0.710 e. The molecule has 48 valence electrons. The van der Waals surface area contributed by atoms with Gasteiger partial charge in [0.25, 0.3) is 6.33 Å². The van der Waals surface area contributed by atoms with E-state index in [4.69, 9.17) is 23.2 Å². The molecule has 0 aromatic carbocycles. The molecule has 0 saturated carbocycles. The number of hydrogen-bond acceptors (Lipinski definition) is 2. The first-order valence-corrected chi connectivity index (χ1v) is 2.86. The second-order valence-corrected chi connectivity index (χ2v) is 2.13. The van der Waals surface area contributed by atoms with Gasteiger partial charge in [0, 0.05) is 0 Å². The molecule has 0 aliphatic heterocycles. The van der Waals surface area contributed by atoms with Crippen LogP contribution in [0.2, 0.25) is 10.3 Å². The zero-order valence-electron chi connectivity index (χ0n) is 4.21. The third-order valence-electron chi connectivity index (χ3n) is 0.735. The second-order valence-electron chi connectivity index (χ2n) is 1.36. The van der Waals surface area contributed by atoms with Crippen molar-refractivity contribution in [1.82, 2.24) is 4.98 Å². The average molecular weight is 165 g/mol. The van der Waals surface area contributed by atoms with Crippen molar-refractivity contribution in [3.63, 3.8) is 0 Å². The first-order valence-electron chi connectivity index (χ1n) is 2.10. The summed E-state index contributed by atoms with van der Waals surface area (Å²) < 4.78 is 0.424. The van der Waals surface area contributed by atoms with Crippen LogP contribution in [0, 0.1) is 5.21 Å². The van der Waals surface area contributed by atoms with E-state index in [1.165, 1.54) is 6.07 Å². The van der Waals surface area contributed by atoms with Gasteiger partial charge in [-0.2, -0.15) is 0 Å². The van der Waals surface area contributed by atoms with Crippen LogP contribution >= 0.6 is 23.2 Å². The van der Waals surface area contributed by atoms with Gasteiger partial charge in [-0.05, 0) is 28.2 Å². The van der Waals surface area contributed by atoms with Crippen molar-refractivity contribution in [2.24, 2.45) is 0 Å². The summed E-state index contributed by atoms with van der Waals surface area (Å²) in [5, 5.41) is 10.7. The summed E-state index contributed by atoms with van der Waals surface area (Å²) in [7, 11) is 0. The zero-order chi connectivity index (χ0) is 6.85. The van der Waals surface area contributed by atoms with Crippen LogP contribution in [0.25, 0.3) is 0 Å². The van der Waals surface area contributed by atoms with Crippen LogP contribution in [0.4, 0.5) is 0 Å². The number of rotatable bonds is 0. The third-order valence-corrected chi connectivity index (χ3v) is 1.22.